The molecule has 4 N–H and O–H groups in total. The molecule has 0 spiro atoms. The van der Waals surface area contributed by atoms with Gasteiger partial charge in [-0.05, 0) is 43.1 Å². The van der Waals surface area contributed by atoms with E-state index in [1.165, 1.54) is 23.9 Å². The second kappa shape index (κ2) is 8.24. The molecule has 34 heavy (non-hydrogen) atoms. The van der Waals surface area contributed by atoms with Gasteiger partial charge in [-0.3, -0.25) is 0 Å². The van der Waals surface area contributed by atoms with E-state index in [-0.39, 0.29) is 17.9 Å². The molecule has 3 aromatic heterocycles. The average Bonchev–Trinajstić information content (AvgIpc) is 3.52. The highest BCUT2D eigenvalue weighted by atomic mass is 32.2. The van der Waals surface area contributed by atoms with Gasteiger partial charge in [0, 0.05) is 31.6 Å². The molecule has 1 saturated carbocycles. The molecule has 176 valence electrons. The van der Waals surface area contributed by atoms with Gasteiger partial charge in [0.05, 0.1) is 29.0 Å². The molecule has 6 rings (SSSR count). The van der Waals surface area contributed by atoms with Crippen molar-refractivity contribution in [2.45, 2.75) is 24.0 Å². The Morgan fingerprint density at radius 2 is 2.03 bits per heavy atom. The van der Waals surface area contributed by atoms with E-state index < -0.39 is 0 Å². The molecule has 2 aliphatic rings. The minimum Gasteiger partial charge on any atom is -0.421 e. The van der Waals surface area contributed by atoms with Crippen LogP contribution in [0.4, 0.5) is 15.9 Å². The third kappa shape index (κ3) is 3.50. The van der Waals surface area contributed by atoms with E-state index in [9.17, 15) is 4.39 Å². The number of fused-ring (bicyclic) bond motifs is 4. The summed E-state index contributed by atoms with van der Waals surface area (Å²) in [5, 5.41) is 5.23. The summed E-state index contributed by atoms with van der Waals surface area (Å²) >= 11 is 1.45. The van der Waals surface area contributed by atoms with Crippen LogP contribution in [-0.2, 0) is 0 Å². The lowest BCUT2D eigenvalue weighted by molar-refractivity contribution is 0.438. The summed E-state index contributed by atoms with van der Waals surface area (Å²) < 4.78 is 20.5. The molecule has 1 saturated heterocycles. The molecule has 0 bridgehead atoms. The summed E-state index contributed by atoms with van der Waals surface area (Å²) in [6.45, 7) is 1.67. The van der Waals surface area contributed by atoms with Gasteiger partial charge >= 0.3 is 6.01 Å². The maximum Gasteiger partial charge on any atom is 0.326 e. The molecule has 3 atom stereocenters. The smallest absolute Gasteiger partial charge is 0.326 e. The second-order valence-corrected chi connectivity index (χ2v) is 9.66. The van der Waals surface area contributed by atoms with E-state index in [4.69, 9.17) is 15.5 Å². The Morgan fingerprint density at radius 3 is 2.76 bits per heavy atom. The molecule has 0 radical (unpaired) electrons. The van der Waals surface area contributed by atoms with Gasteiger partial charge in [-0.25, -0.2) is 14.4 Å². The zero-order valence-corrected chi connectivity index (χ0v) is 19.7. The van der Waals surface area contributed by atoms with Crippen LogP contribution in [0.5, 0.6) is 11.8 Å². The highest BCUT2D eigenvalue weighted by molar-refractivity contribution is 7.98. The fraction of sp³-hybridized carbons (Fsp3) is 0.391. The van der Waals surface area contributed by atoms with E-state index >= 15 is 0 Å². The highest BCUT2D eigenvalue weighted by Gasteiger charge is 2.42. The van der Waals surface area contributed by atoms with Crippen LogP contribution < -0.4 is 20.7 Å². The van der Waals surface area contributed by atoms with Gasteiger partial charge in [-0.2, -0.15) is 9.97 Å². The van der Waals surface area contributed by atoms with Crippen molar-refractivity contribution < 1.29 is 9.13 Å². The Labute approximate surface area is 199 Å². The molecule has 1 aromatic carbocycles. The van der Waals surface area contributed by atoms with Gasteiger partial charge in [0.1, 0.15) is 17.3 Å². The predicted molar refractivity (Wildman–Crippen MR) is 131 cm³/mol. The van der Waals surface area contributed by atoms with E-state index in [0.29, 0.717) is 34.1 Å². The molecular weight excluding hydrogens is 455 g/mol. The first-order valence-electron chi connectivity index (χ1n) is 11.3. The van der Waals surface area contributed by atoms with Crippen LogP contribution in [-0.4, -0.2) is 57.4 Å². The number of nitrogens with one attached hydrogen (secondary N) is 2. The number of aromatic amines is 1. The maximum absolute atomic E-state index is 14.5. The molecule has 2 fully saturated rings. The highest BCUT2D eigenvalue weighted by Crippen LogP contribution is 2.43. The molecule has 9 nitrogen and oxygen atoms in total. The Bertz CT molecular complexity index is 1380. The van der Waals surface area contributed by atoms with Crippen LogP contribution in [0.2, 0.25) is 0 Å². The van der Waals surface area contributed by atoms with Crippen molar-refractivity contribution >= 4 is 45.2 Å². The molecule has 1 aliphatic heterocycles. The second-order valence-electron chi connectivity index (χ2n) is 8.88. The monoisotopic (exact) mass is 480 g/mol. The Kier molecular flexibility index (Phi) is 5.18. The van der Waals surface area contributed by atoms with E-state index in [0.717, 1.165) is 48.0 Å². The number of thioether (sulfide) groups is 1. The largest absolute Gasteiger partial charge is 0.421 e. The Balaban J connectivity index is 1.49. The number of hydrogen-bond donors (Lipinski definition) is 3. The van der Waals surface area contributed by atoms with Gasteiger partial charge < -0.3 is 25.7 Å². The minimum absolute atomic E-state index is 0.183. The van der Waals surface area contributed by atoms with Crippen LogP contribution in [0.25, 0.3) is 21.9 Å². The standard InChI is InChI=1S/C23H25FN8OS/c1-26-17-6-12(24)5-14-18-20(29-19(14)17)30-22(33-13-7-27-23(34-2)28-8-13)31-21(18)32-9-11-3-4-16(25)15(11)10-32/h5-8,11,15-16,26H,3-4,9-10,25H2,1-2H3,(H,29,30,31). The SMILES string of the molecule is CNc1cc(F)cc2c1[nH]c1nc(Oc3cnc(SC)nc3)nc(N3CC4CCC(N)C4C3)c12. The third-order valence-corrected chi connectivity index (χ3v) is 7.54. The van der Waals surface area contributed by atoms with Gasteiger partial charge in [0.2, 0.25) is 0 Å². The molecular formula is C23H25FN8OS. The summed E-state index contributed by atoms with van der Waals surface area (Å²) in [4.78, 5) is 23.5. The average molecular weight is 481 g/mol. The first kappa shape index (κ1) is 21.4. The van der Waals surface area contributed by atoms with Crippen molar-refractivity contribution in [3.8, 4) is 11.8 Å². The lowest BCUT2D eigenvalue weighted by Gasteiger charge is -2.21. The summed E-state index contributed by atoms with van der Waals surface area (Å²) in [5.74, 6) is 1.81. The van der Waals surface area contributed by atoms with Crippen molar-refractivity contribution in [1.82, 2.24) is 24.9 Å². The first-order valence-corrected chi connectivity index (χ1v) is 12.5. The van der Waals surface area contributed by atoms with Crippen LogP contribution in [0.3, 0.4) is 0 Å². The maximum atomic E-state index is 14.5. The summed E-state index contributed by atoms with van der Waals surface area (Å²) in [5.41, 5.74) is 8.41. The fourth-order valence-electron chi connectivity index (χ4n) is 5.34. The third-order valence-electron chi connectivity index (χ3n) is 6.96. The number of nitrogens with two attached hydrogens (primary N) is 1. The lowest BCUT2D eigenvalue weighted by atomic mass is 9.98. The number of hydrogen-bond acceptors (Lipinski definition) is 9. The van der Waals surface area contributed by atoms with E-state index in [2.05, 4.69) is 30.2 Å². The summed E-state index contributed by atoms with van der Waals surface area (Å²) in [7, 11) is 1.77. The number of nitrogens with zero attached hydrogens (tertiary/aromatic N) is 5. The summed E-state index contributed by atoms with van der Waals surface area (Å²) in [6, 6.07) is 3.38. The van der Waals surface area contributed by atoms with Crippen molar-refractivity contribution in [2.75, 3.05) is 36.6 Å². The van der Waals surface area contributed by atoms with E-state index in [1.807, 2.05) is 6.26 Å². The van der Waals surface area contributed by atoms with Gasteiger partial charge in [0.15, 0.2) is 10.9 Å². The number of halogens is 1. The fourth-order valence-corrected chi connectivity index (χ4v) is 5.66. The van der Waals surface area contributed by atoms with Crippen molar-refractivity contribution in [3.05, 3.63) is 30.3 Å². The molecule has 11 heteroatoms. The van der Waals surface area contributed by atoms with Gasteiger partial charge in [-0.1, -0.05) is 11.8 Å². The zero-order valence-electron chi connectivity index (χ0n) is 18.9. The number of anilines is 2. The van der Waals surface area contributed by atoms with Gasteiger partial charge in [-0.15, -0.1) is 0 Å². The van der Waals surface area contributed by atoms with E-state index in [1.54, 1.807) is 19.4 Å². The molecule has 0 amide bonds. The zero-order chi connectivity index (χ0) is 23.4. The molecule has 4 aromatic rings. The van der Waals surface area contributed by atoms with Crippen molar-refractivity contribution in [3.63, 3.8) is 0 Å². The van der Waals surface area contributed by atoms with Crippen LogP contribution >= 0.6 is 11.8 Å². The first-order chi connectivity index (χ1) is 16.5. The number of ether oxygens (including phenoxy) is 1. The Hall–Kier alpha value is -3.18. The van der Waals surface area contributed by atoms with Crippen LogP contribution in [0, 0.1) is 17.7 Å². The molecule has 4 heterocycles. The number of benzene rings is 1. The van der Waals surface area contributed by atoms with Crippen molar-refractivity contribution in [1.29, 1.82) is 0 Å². The topological polar surface area (TPSA) is 118 Å². The predicted octanol–water partition coefficient (Wildman–Crippen LogP) is 3.77. The van der Waals surface area contributed by atoms with Gasteiger partial charge in [0.25, 0.3) is 0 Å². The minimum atomic E-state index is -0.324. The van der Waals surface area contributed by atoms with Crippen molar-refractivity contribution in [2.24, 2.45) is 17.6 Å². The Morgan fingerprint density at radius 1 is 1.21 bits per heavy atom. The lowest BCUT2D eigenvalue weighted by Crippen LogP contribution is -2.30. The normalized spacial score (nSPS) is 22.0. The molecule has 3 unspecified atom stereocenters. The van der Waals surface area contributed by atoms with Crippen LogP contribution in [0.15, 0.2) is 29.7 Å². The quantitative estimate of drug-likeness (QED) is 0.290. The van der Waals surface area contributed by atoms with Crippen LogP contribution in [0.1, 0.15) is 12.8 Å². The molecule has 1 aliphatic carbocycles. The number of H-pyrrole nitrogens is 1. The number of rotatable bonds is 5. The number of aromatic nitrogens is 5. The summed E-state index contributed by atoms with van der Waals surface area (Å²) in [6.07, 6.45) is 7.29.